The maximum atomic E-state index is 12.9. The average Bonchev–Trinajstić information content (AvgIpc) is 2.73. The highest BCUT2D eigenvalue weighted by Crippen LogP contribution is 2.30. The zero-order valence-corrected chi connectivity index (χ0v) is 17.4. The molecule has 0 radical (unpaired) electrons. The number of carbonyl (C=O) groups excluding carboxylic acids is 2. The number of rotatable bonds is 6. The summed E-state index contributed by atoms with van der Waals surface area (Å²) in [5, 5.41) is 6.08. The minimum Gasteiger partial charge on any atom is -0.351 e. The van der Waals surface area contributed by atoms with Crippen LogP contribution in [0.15, 0.2) is 54.6 Å². The number of aryl methyl sites for hydroxylation is 1. The van der Waals surface area contributed by atoms with Gasteiger partial charge in [0.2, 0.25) is 5.91 Å². The van der Waals surface area contributed by atoms with Crippen LogP contribution in [0.25, 0.3) is 0 Å². The summed E-state index contributed by atoms with van der Waals surface area (Å²) in [6, 6.07) is 18.1. The third kappa shape index (κ3) is 5.59. The molecule has 1 heterocycles. The molecule has 0 spiro atoms. The van der Waals surface area contributed by atoms with Crippen LogP contribution < -0.4 is 10.6 Å². The number of likely N-dealkylation sites (tertiary alicyclic amines) is 1. The largest absolute Gasteiger partial charge is 0.351 e. The van der Waals surface area contributed by atoms with E-state index in [1.807, 2.05) is 56.3 Å². The quantitative estimate of drug-likeness (QED) is 0.787. The molecule has 154 valence electrons. The summed E-state index contributed by atoms with van der Waals surface area (Å²) in [5.41, 5.74) is 2.93. The van der Waals surface area contributed by atoms with Gasteiger partial charge in [0.05, 0.1) is 5.41 Å². The molecule has 3 rings (SSSR count). The summed E-state index contributed by atoms with van der Waals surface area (Å²) in [6.45, 7) is 6.26. The van der Waals surface area contributed by atoms with Gasteiger partial charge in [0, 0.05) is 26.2 Å². The molecule has 1 aliphatic rings. The normalized spacial score (nSPS) is 18.9. The van der Waals surface area contributed by atoms with Crippen molar-refractivity contribution in [1.29, 1.82) is 0 Å². The second kappa shape index (κ2) is 9.59. The lowest BCUT2D eigenvalue weighted by Gasteiger charge is -2.39. The third-order valence-corrected chi connectivity index (χ3v) is 5.77. The Morgan fingerprint density at radius 2 is 1.76 bits per heavy atom. The first-order chi connectivity index (χ1) is 14.0. The van der Waals surface area contributed by atoms with Crippen LogP contribution in [0.5, 0.6) is 0 Å². The fourth-order valence-corrected chi connectivity index (χ4v) is 3.87. The fourth-order valence-electron chi connectivity index (χ4n) is 3.87. The van der Waals surface area contributed by atoms with Gasteiger partial charge < -0.3 is 15.5 Å². The Morgan fingerprint density at radius 1 is 1.03 bits per heavy atom. The summed E-state index contributed by atoms with van der Waals surface area (Å²) < 4.78 is 0. The van der Waals surface area contributed by atoms with Crippen molar-refractivity contribution in [3.63, 3.8) is 0 Å². The van der Waals surface area contributed by atoms with Crippen molar-refractivity contribution in [2.45, 2.75) is 39.7 Å². The third-order valence-electron chi connectivity index (χ3n) is 5.77. The predicted octanol–water partition coefficient (Wildman–Crippen LogP) is 3.67. The maximum Gasteiger partial charge on any atom is 0.317 e. The molecule has 1 saturated heterocycles. The molecule has 2 aromatic rings. The minimum absolute atomic E-state index is 0.0162. The Labute approximate surface area is 173 Å². The Morgan fingerprint density at radius 3 is 2.52 bits per heavy atom. The van der Waals surface area contributed by atoms with Gasteiger partial charge in [-0.15, -0.1) is 0 Å². The van der Waals surface area contributed by atoms with E-state index in [1.165, 1.54) is 11.1 Å². The number of nitrogens with zero attached hydrogens (tertiary/aromatic N) is 1. The SMILES string of the molecule is Cc1ccccc1CNC(=O)[C@]1(C)CCCN(C(=O)NCCc2ccccc2)C1. The maximum absolute atomic E-state index is 12.9. The lowest BCUT2D eigenvalue weighted by molar-refractivity contribution is -0.132. The van der Waals surface area contributed by atoms with Crippen LogP contribution in [0, 0.1) is 12.3 Å². The van der Waals surface area contributed by atoms with Crippen molar-refractivity contribution in [2.75, 3.05) is 19.6 Å². The predicted molar refractivity (Wildman–Crippen MR) is 115 cm³/mol. The van der Waals surface area contributed by atoms with Crippen molar-refractivity contribution in [2.24, 2.45) is 5.41 Å². The smallest absolute Gasteiger partial charge is 0.317 e. The van der Waals surface area contributed by atoms with Crippen molar-refractivity contribution in [3.8, 4) is 0 Å². The molecule has 1 aliphatic heterocycles. The molecule has 5 heteroatoms. The van der Waals surface area contributed by atoms with Crippen molar-refractivity contribution < 1.29 is 9.59 Å². The number of hydrogen-bond donors (Lipinski definition) is 2. The lowest BCUT2D eigenvalue weighted by atomic mass is 9.81. The summed E-state index contributed by atoms with van der Waals surface area (Å²) in [4.78, 5) is 27.3. The molecule has 2 aromatic carbocycles. The molecule has 0 aliphatic carbocycles. The number of nitrogens with one attached hydrogen (secondary N) is 2. The summed E-state index contributed by atoms with van der Waals surface area (Å²) in [6.07, 6.45) is 2.43. The standard InChI is InChI=1S/C24H31N3O2/c1-19-9-6-7-12-21(19)17-26-22(28)24(2)14-8-16-27(18-24)23(29)25-15-13-20-10-4-3-5-11-20/h3-7,9-12H,8,13-18H2,1-2H3,(H,25,29)(H,26,28)/t24-/m1/s1. The van der Waals surface area contributed by atoms with Gasteiger partial charge in [0.25, 0.3) is 0 Å². The molecule has 1 fully saturated rings. The second-order valence-corrected chi connectivity index (χ2v) is 8.16. The molecule has 0 saturated carbocycles. The van der Waals surface area contributed by atoms with Crippen LogP contribution >= 0.6 is 0 Å². The number of piperidine rings is 1. The van der Waals surface area contributed by atoms with E-state index in [9.17, 15) is 9.59 Å². The highest BCUT2D eigenvalue weighted by atomic mass is 16.2. The van der Waals surface area contributed by atoms with Gasteiger partial charge in [-0.3, -0.25) is 4.79 Å². The lowest BCUT2D eigenvalue weighted by Crippen LogP contribution is -2.54. The van der Waals surface area contributed by atoms with E-state index in [4.69, 9.17) is 0 Å². The first kappa shape index (κ1) is 20.9. The highest BCUT2D eigenvalue weighted by molar-refractivity contribution is 5.84. The van der Waals surface area contributed by atoms with E-state index in [0.717, 1.165) is 24.8 Å². The zero-order chi connectivity index (χ0) is 20.7. The number of carbonyl (C=O) groups is 2. The van der Waals surface area contributed by atoms with Crippen LogP contribution in [0.3, 0.4) is 0 Å². The fraction of sp³-hybridized carbons (Fsp3) is 0.417. The molecule has 0 bridgehead atoms. The number of hydrogen-bond acceptors (Lipinski definition) is 2. The van der Waals surface area contributed by atoms with Gasteiger partial charge in [0.15, 0.2) is 0 Å². The Hall–Kier alpha value is -2.82. The summed E-state index contributed by atoms with van der Waals surface area (Å²) >= 11 is 0. The summed E-state index contributed by atoms with van der Waals surface area (Å²) in [5.74, 6) is 0.0162. The molecule has 1 atom stereocenters. The number of benzene rings is 2. The van der Waals surface area contributed by atoms with Crippen molar-refractivity contribution >= 4 is 11.9 Å². The topological polar surface area (TPSA) is 61.4 Å². The number of urea groups is 1. The van der Waals surface area contributed by atoms with Crippen LogP contribution in [-0.2, 0) is 17.8 Å². The molecule has 2 N–H and O–H groups in total. The molecule has 3 amide bonds. The van der Waals surface area contributed by atoms with Gasteiger partial charge in [-0.2, -0.15) is 0 Å². The first-order valence-corrected chi connectivity index (χ1v) is 10.4. The van der Waals surface area contributed by atoms with Crippen molar-refractivity contribution in [3.05, 3.63) is 71.3 Å². The summed E-state index contributed by atoms with van der Waals surface area (Å²) in [7, 11) is 0. The van der Waals surface area contributed by atoms with Crippen LogP contribution in [0.2, 0.25) is 0 Å². The molecule has 29 heavy (non-hydrogen) atoms. The van der Waals surface area contributed by atoms with Gasteiger partial charge in [0.1, 0.15) is 0 Å². The highest BCUT2D eigenvalue weighted by Gasteiger charge is 2.39. The van der Waals surface area contributed by atoms with E-state index in [2.05, 4.69) is 22.8 Å². The Kier molecular flexibility index (Phi) is 6.91. The van der Waals surface area contributed by atoms with Gasteiger partial charge in [-0.1, -0.05) is 54.6 Å². The Bertz CT molecular complexity index is 837. The molecule has 0 unspecified atom stereocenters. The van der Waals surface area contributed by atoms with E-state index >= 15 is 0 Å². The number of amides is 3. The molecule has 5 nitrogen and oxygen atoms in total. The van der Waals surface area contributed by atoms with E-state index in [-0.39, 0.29) is 11.9 Å². The zero-order valence-electron chi connectivity index (χ0n) is 17.4. The van der Waals surface area contributed by atoms with E-state index in [1.54, 1.807) is 4.90 Å². The van der Waals surface area contributed by atoms with E-state index in [0.29, 0.717) is 26.2 Å². The van der Waals surface area contributed by atoms with Crippen LogP contribution in [0.1, 0.15) is 36.5 Å². The van der Waals surface area contributed by atoms with Crippen molar-refractivity contribution in [1.82, 2.24) is 15.5 Å². The van der Waals surface area contributed by atoms with E-state index < -0.39 is 5.41 Å². The Balaban J connectivity index is 1.50. The molecular weight excluding hydrogens is 362 g/mol. The molecular formula is C24H31N3O2. The average molecular weight is 394 g/mol. The minimum atomic E-state index is -0.558. The first-order valence-electron chi connectivity index (χ1n) is 10.4. The monoisotopic (exact) mass is 393 g/mol. The second-order valence-electron chi connectivity index (χ2n) is 8.16. The van der Waals surface area contributed by atoms with Gasteiger partial charge >= 0.3 is 6.03 Å². The van der Waals surface area contributed by atoms with Gasteiger partial charge in [-0.25, -0.2) is 4.79 Å². The molecule has 0 aromatic heterocycles. The van der Waals surface area contributed by atoms with Crippen LogP contribution in [-0.4, -0.2) is 36.5 Å². The van der Waals surface area contributed by atoms with Gasteiger partial charge in [-0.05, 0) is 49.8 Å². The van der Waals surface area contributed by atoms with Crippen LogP contribution in [0.4, 0.5) is 4.79 Å².